The van der Waals surface area contributed by atoms with Gasteiger partial charge in [-0.15, -0.1) is 0 Å². The van der Waals surface area contributed by atoms with Gasteiger partial charge in [-0.2, -0.15) is 9.61 Å². The van der Waals surface area contributed by atoms with Crippen LogP contribution in [0, 0.1) is 0 Å². The van der Waals surface area contributed by atoms with Crippen LogP contribution in [0.2, 0.25) is 0 Å². The molecule has 1 aromatic carbocycles. The average molecular weight is 401 g/mol. The zero-order valence-corrected chi connectivity index (χ0v) is 16.5. The largest absolute Gasteiger partial charge is 0.367 e. The maximum Gasteiger partial charge on any atom is 0.159 e. The van der Waals surface area contributed by atoms with E-state index in [9.17, 15) is 8.42 Å². The SMILES string of the molecule is CS(=O)(=O)Cc1cc(Nc2cc(NC3CC3)n3nccc3n2)ccc1CCN. The van der Waals surface area contributed by atoms with Crippen LogP contribution in [0.1, 0.15) is 24.0 Å². The molecule has 2 aromatic heterocycles. The molecular weight excluding hydrogens is 376 g/mol. The minimum absolute atomic E-state index is 0.0125. The molecule has 0 aliphatic heterocycles. The van der Waals surface area contributed by atoms with E-state index in [1.807, 2.05) is 30.3 Å². The summed E-state index contributed by atoms with van der Waals surface area (Å²) in [6.07, 6.45) is 5.91. The molecule has 9 heteroatoms. The Bertz CT molecular complexity index is 1100. The summed E-state index contributed by atoms with van der Waals surface area (Å²) in [4.78, 5) is 4.59. The van der Waals surface area contributed by atoms with Crippen molar-refractivity contribution in [1.82, 2.24) is 14.6 Å². The zero-order chi connectivity index (χ0) is 19.7. The van der Waals surface area contributed by atoms with E-state index in [1.54, 1.807) is 10.7 Å². The summed E-state index contributed by atoms with van der Waals surface area (Å²) < 4.78 is 25.4. The van der Waals surface area contributed by atoms with Gasteiger partial charge >= 0.3 is 0 Å². The van der Waals surface area contributed by atoms with Crippen molar-refractivity contribution in [1.29, 1.82) is 0 Å². The predicted molar refractivity (Wildman–Crippen MR) is 111 cm³/mol. The van der Waals surface area contributed by atoms with E-state index in [2.05, 4.69) is 20.7 Å². The lowest BCUT2D eigenvalue weighted by molar-refractivity contribution is 0.601. The molecule has 1 aliphatic carbocycles. The summed E-state index contributed by atoms with van der Waals surface area (Å²) in [7, 11) is -3.15. The Kier molecular flexibility index (Phi) is 4.94. The first kappa shape index (κ1) is 18.7. The van der Waals surface area contributed by atoms with E-state index in [0.29, 0.717) is 24.8 Å². The van der Waals surface area contributed by atoms with Crippen molar-refractivity contribution < 1.29 is 8.42 Å². The standard InChI is InChI=1S/C19H24N6O2S/c1-28(26,27)12-14-10-16(3-2-13(14)6-8-20)22-17-11-19(23-15-4-5-15)25-18(24-17)7-9-21-25/h2-3,7,9-11,15,23H,4-6,8,12,20H2,1H3,(H,22,24). The molecule has 0 radical (unpaired) electrons. The van der Waals surface area contributed by atoms with Crippen molar-refractivity contribution in [3.8, 4) is 0 Å². The first-order valence-corrected chi connectivity index (χ1v) is 11.4. The molecular formula is C19H24N6O2S. The van der Waals surface area contributed by atoms with Crippen molar-refractivity contribution in [2.45, 2.75) is 31.1 Å². The molecule has 0 saturated heterocycles. The highest BCUT2D eigenvalue weighted by Gasteiger charge is 2.22. The number of nitrogens with zero attached hydrogens (tertiary/aromatic N) is 3. The number of hydrogen-bond donors (Lipinski definition) is 3. The van der Waals surface area contributed by atoms with E-state index >= 15 is 0 Å². The van der Waals surface area contributed by atoms with Crippen LogP contribution in [-0.4, -0.2) is 41.9 Å². The average Bonchev–Trinajstić information content (AvgIpc) is 3.30. The number of fused-ring (bicyclic) bond motifs is 1. The van der Waals surface area contributed by atoms with Crippen LogP contribution in [0.25, 0.3) is 5.65 Å². The fraction of sp³-hybridized carbons (Fsp3) is 0.368. The maximum absolute atomic E-state index is 11.8. The molecule has 8 nitrogen and oxygen atoms in total. The summed E-state index contributed by atoms with van der Waals surface area (Å²) in [5, 5.41) is 11.1. The Labute approximate surface area is 164 Å². The Hall–Kier alpha value is -2.65. The number of benzene rings is 1. The normalized spacial score (nSPS) is 14.4. The van der Waals surface area contributed by atoms with Crippen LogP contribution < -0.4 is 16.4 Å². The molecule has 1 aliphatic rings. The minimum atomic E-state index is -3.15. The van der Waals surface area contributed by atoms with Crippen LogP contribution >= 0.6 is 0 Å². The van der Waals surface area contributed by atoms with E-state index in [-0.39, 0.29) is 5.75 Å². The van der Waals surface area contributed by atoms with Crippen molar-refractivity contribution in [3.05, 3.63) is 47.7 Å². The number of rotatable bonds is 8. The Morgan fingerprint density at radius 2 is 2.04 bits per heavy atom. The van der Waals surface area contributed by atoms with Gasteiger partial charge in [0.25, 0.3) is 0 Å². The first-order chi connectivity index (χ1) is 13.4. The zero-order valence-electron chi connectivity index (χ0n) is 15.7. The quantitative estimate of drug-likeness (QED) is 0.530. The number of hydrogen-bond acceptors (Lipinski definition) is 7. The molecule has 28 heavy (non-hydrogen) atoms. The lowest BCUT2D eigenvalue weighted by Gasteiger charge is -2.14. The van der Waals surface area contributed by atoms with Crippen molar-refractivity contribution in [2.75, 3.05) is 23.4 Å². The van der Waals surface area contributed by atoms with Gasteiger partial charge in [-0.3, -0.25) is 0 Å². The van der Waals surface area contributed by atoms with E-state index < -0.39 is 9.84 Å². The molecule has 0 atom stereocenters. The molecule has 0 bridgehead atoms. The highest BCUT2D eigenvalue weighted by molar-refractivity contribution is 7.89. The van der Waals surface area contributed by atoms with Gasteiger partial charge < -0.3 is 16.4 Å². The van der Waals surface area contributed by atoms with Crippen LogP contribution in [0.4, 0.5) is 17.3 Å². The van der Waals surface area contributed by atoms with E-state index in [1.165, 1.54) is 6.26 Å². The fourth-order valence-electron chi connectivity index (χ4n) is 3.18. The monoisotopic (exact) mass is 400 g/mol. The maximum atomic E-state index is 11.8. The molecule has 4 N–H and O–H groups in total. The second kappa shape index (κ2) is 7.40. The first-order valence-electron chi connectivity index (χ1n) is 9.29. The molecule has 2 heterocycles. The number of sulfone groups is 1. The summed E-state index contributed by atoms with van der Waals surface area (Å²) in [5.41, 5.74) is 8.91. The van der Waals surface area contributed by atoms with Gasteiger partial charge in [-0.25, -0.2) is 13.4 Å². The smallest absolute Gasteiger partial charge is 0.159 e. The number of nitrogens with one attached hydrogen (secondary N) is 2. The van der Waals surface area contributed by atoms with Crippen molar-refractivity contribution >= 4 is 32.8 Å². The molecule has 1 saturated carbocycles. The van der Waals surface area contributed by atoms with Gasteiger partial charge in [0, 0.05) is 30.1 Å². The number of aromatic nitrogens is 3. The van der Waals surface area contributed by atoms with Gasteiger partial charge in [0.1, 0.15) is 11.6 Å². The summed E-state index contributed by atoms with van der Waals surface area (Å²) in [6, 6.07) is 9.97. The second-order valence-electron chi connectivity index (χ2n) is 7.26. The van der Waals surface area contributed by atoms with E-state index in [0.717, 1.165) is 41.1 Å². The Balaban J connectivity index is 1.65. The summed E-state index contributed by atoms with van der Waals surface area (Å²) in [5.74, 6) is 1.55. The van der Waals surface area contributed by atoms with Crippen LogP contribution in [0.15, 0.2) is 36.5 Å². The second-order valence-corrected chi connectivity index (χ2v) is 9.40. The molecule has 0 unspecified atom stereocenters. The Morgan fingerprint density at radius 1 is 1.21 bits per heavy atom. The Morgan fingerprint density at radius 3 is 2.75 bits per heavy atom. The predicted octanol–water partition coefficient (Wildman–Crippen LogP) is 2.09. The molecule has 4 rings (SSSR count). The van der Waals surface area contributed by atoms with Crippen molar-refractivity contribution in [3.63, 3.8) is 0 Å². The van der Waals surface area contributed by atoms with Crippen LogP contribution in [0.3, 0.4) is 0 Å². The fourth-order valence-corrected chi connectivity index (χ4v) is 4.02. The molecule has 0 spiro atoms. The van der Waals surface area contributed by atoms with Gasteiger partial charge in [0.2, 0.25) is 0 Å². The third kappa shape index (κ3) is 4.42. The number of anilines is 3. The topological polar surface area (TPSA) is 114 Å². The van der Waals surface area contributed by atoms with Gasteiger partial charge in [0.15, 0.2) is 15.5 Å². The minimum Gasteiger partial charge on any atom is -0.367 e. The lowest BCUT2D eigenvalue weighted by atomic mass is 10.0. The van der Waals surface area contributed by atoms with Crippen molar-refractivity contribution in [2.24, 2.45) is 5.73 Å². The highest BCUT2D eigenvalue weighted by Crippen LogP contribution is 2.27. The van der Waals surface area contributed by atoms with Gasteiger partial charge in [-0.05, 0) is 49.1 Å². The molecule has 148 valence electrons. The lowest BCUT2D eigenvalue weighted by Crippen LogP contribution is -2.10. The summed E-state index contributed by atoms with van der Waals surface area (Å²) in [6.45, 7) is 0.471. The number of nitrogens with two attached hydrogens (primary N) is 1. The molecule has 0 amide bonds. The molecule has 3 aromatic rings. The van der Waals surface area contributed by atoms with E-state index in [4.69, 9.17) is 5.73 Å². The third-order valence-corrected chi connectivity index (χ3v) is 5.43. The molecule has 1 fully saturated rings. The van der Waals surface area contributed by atoms with Crippen LogP contribution in [-0.2, 0) is 22.0 Å². The van der Waals surface area contributed by atoms with Gasteiger partial charge in [0.05, 0.1) is 11.9 Å². The third-order valence-electron chi connectivity index (χ3n) is 4.60. The van der Waals surface area contributed by atoms with Crippen LogP contribution in [0.5, 0.6) is 0 Å². The highest BCUT2D eigenvalue weighted by atomic mass is 32.2. The van der Waals surface area contributed by atoms with Gasteiger partial charge in [-0.1, -0.05) is 6.07 Å². The summed E-state index contributed by atoms with van der Waals surface area (Å²) >= 11 is 0.